The maximum absolute atomic E-state index is 13.5. The highest BCUT2D eigenvalue weighted by molar-refractivity contribution is 6.05. The maximum Gasteiger partial charge on any atom is 0.255 e. The van der Waals surface area contributed by atoms with Gasteiger partial charge in [-0.3, -0.25) is 14.6 Å². The van der Waals surface area contributed by atoms with Crippen molar-refractivity contribution in [1.29, 1.82) is 0 Å². The zero-order valence-electron chi connectivity index (χ0n) is 10.7. The Hall–Kier alpha value is -2.76. The Morgan fingerprint density at radius 1 is 1.10 bits per heavy atom. The van der Waals surface area contributed by atoms with Crippen LogP contribution in [0, 0.1) is 5.82 Å². The Labute approximate surface area is 114 Å². The van der Waals surface area contributed by atoms with Gasteiger partial charge in [0.05, 0.1) is 5.69 Å². The fraction of sp³-hybridized carbons (Fsp3) is 0.0714. The number of anilines is 2. The first kappa shape index (κ1) is 13.7. The summed E-state index contributed by atoms with van der Waals surface area (Å²) >= 11 is 0. The fourth-order valence-corrected chi connectivity index (χ4v) is 1.59. The second-order valence-corrected chi connectivity index (χ2v) is 4.07. The molecule has 2 N–H and O–H groups in total. The third-order valence-corrected chi connectivity index (χ3v) is 2.48. The standard InChI is InChI=1S/C14H12FN3O2/c1-9(19)17-13-8-10(2-3-12(13)15)14(20)18-11-4-6-16-7-5-11/h2-8H,1H3,(H,17,19)(H,16,18,20). The average Bonchev–Trinajstić information content (AvgIpc) is 2.42. The Morgan fingerprint density at radius 2 is 1.80 bits per heavy atom. The van der Waals surface area contributed by atoms with Crippen LogP contribution in [0.1, 0.15) is 17.3 Å². The van der Waals surface area contributed by atoms with E-state index in [1.54, 1.807) is 24.5 Å². The first-order chi connectivity index (χ1) is 9.56. The molecule has 0 saturated heterocycles. The molecule has 0 unspecified atom stereocenters. The van der Waals surface area contributed by atoms with E-state index in [0.29, 0.717) is 5.69 Å². The predicted molar refractivity (Wildman–Crippen MR) is 72.9 cm³/mol. The van der Waals surface area contributed by atoms with E-state index in [4.69, 9.17) is 0 Å². The van der Waals surface area contributed by atoms with Crippen molar-refractivity contribution in [2.24, 2.45) is 0 Å². The molecule has 2 rings (SSSR count). The van der Waals surface area contributed by atoms with Crippen LogP contribution in [0.15, 0.2) is 42.7 Å². The van der Waals surface area contributed by atoms with E-state index in [0.717, 1.165) is 6.07 Å². The summed E-state index contributed by atoms with van der Waals surface area (Å²) in [6.45, 7) is 1.27. The lowest BCUT2D eigenvalue weighted by molar-refractivity contribution is -0.114. The highest BCUT2D eigenvalue weighted by Gasteiger charge is 2.10. The zero-order chi connectivity index (χ0) is 14.5. The van der Waals surface area contributed by atoms with Crippen LogP contribution in [0.3, 0.4) is 0 Å². The molecule has 0 bridgehead atoms. The number of hydrogen-bond acceptors (Lipinski definition) is 3. The molecule has 1 heterocycles. The normalized spacial score (nSPS) is 9.90. The summed E-state index contributed by atoms with van der Waals surface area (Å²) in [5.74, 6) is -1.40. The van der Waals surface area contributed by atoms with Crippen molar-refractivity contribution in [3.8, 4) is 0 Å². The minimum absolute atomic E-state index is 0.0279. The van der Waals surface area contributed by atoms with Gasteiger partial charge in [0.15, 0.2) is 0 Å². The van der Waals surface area contributed by atoms with Crippen molar-refractivity contribution in [2.45, 2.75) is 6.92 Å². The molecular weight excluding hydrogens is 261 g/mol. The van der Waals surface area contributed by atoms with E-state index in [2.05, 4.69) is 15.6 Å². The Bertz CT molecular complexity index is 644. The Balaban J connectivity index is 2.20. The SMILES string of the molecule is CC(=O)Nc1cc(C(=O)Nc2ccncc2)ccc1F. The number of amides is 2. The molecule has 0 fully saturated rings. The molecule has 5 nitrogen and oxygen atoms in total. The topological polar surface area (TPSA) is 71.1 Å². The van der Waals surface area contributed by atoms with Gasteiger partial charge in [-0.2, -0.15) is 0 Å². The number of carbonyl (C=O) groups excluding carboxylic acids is 2. The van der Waals surface area contributed by atoms with E-state index in [1.165, 1.54) is 19.1 Å². The van der Waals surface area contributed by atoms with E-state index >= 15 is 0 Å². The highest BCUT2D eigenvalue weighted by Crippen LogP contribution is 2.17. The zero-order valence-corrected chi connectivity index (χ0v) is 10.7. The summed E-state index contributed by atoms with van der Waals surface area (Å²) in [6, 6.07) is 7.03. The number of benzene rings is 1. The summed E-state index contributed by atoms with van der Waals surface area (Å²) < 4.78 is 13.5. The first-order valence-corrected chi connectivity index (χ1v) is 5.85. The van der Waals surface area contributed by atoms with Gasteiger partial charge in [-0.15, -0.1) is 0 Å². The Kier molecular flexibility index (Phi) is 4.05. The third kappa shape index (κ3) is 3.38. The molecule has 0 atom stereocenters. The third-order valence-electron chi connectivity index (χ3n) is 2.48. The number of carbonyl (C=O) groups is 2. The summed E-state index contributed by atoms with van der Waals surface area (Å²) in [7, 11) is 0. The van der Waals surface area contributed by atoms with Gasteiger partial charge in [0.1, 0.15) is 5.82 Å². The molecule has 0 radical (unpaired) electrons. The van der Waals surface area contributed by atoms with Crippen LogP contribution in [0.2, 0.25) is 0 Å². The van der Waals surface area contributed by atoms with E-state index < -0.39 is 17.6 Å². The second-order valence-electron chi connectivity index (χ2n) is 4.07. The van der Waals surface area contributed by atoms with Gasteiger partial charge in [-0.05, 0) is 30.3 Å². The van der Waals surface area contributed by atoms with Gasteiger partial charge < -0.3 is 10.6 Å². The lowest BCUT2D eigenvalue weighted by Crippen LogP contribution is -2.14. The number of nitrogens with zero attached hydrogens (tertiary/aromatic N) is 1. The largest absolute Gasteiger partial charge is 0.324 e. The molecule has 1 aromatic carbocycles. The van der Waals surface area contributed by atoms with Gasteiger partial charge in [0, 0.05) is 30.6 Å². The minimum Gasteiger partial charge on any atom is -0.324 e. The molecule has 0 saturated carbocycles. The molecule has 0 aliphatic heterocycles. The molecule has 0 spiro atoms. The van der Waals surface area contributed by atoms with E-state index in [9.17, 15) is 14.0 Å². The number of hydrogen-bond donors (Lipinski definition) is 2. The minimum atomic E-state index is -0.597. The number of aromatic nitrogens is 1. The maximum atomic E-state index is 13.5. The fourth-order valence-electron chi connectivity index (χ4n) is 1.59. The molecule has 20 heavy (non-hydrogen) atoms. The smallest absolute Gasteiger partial charge is 0.255 e. The number of nitrogens with one attached hydrogen (secondary N) is 2. The molecular formula is C14H12FN3O2. The average molecular weight is 273 g/mol. The van der Waals surface area contributed by atoms with Gasteiger partial charge in [0.2, 0.25) is 5.91 Å². The van der Waals surface area contributed by atoms with Crippen LogP contribution < -0.4 is 10.6 Å². The highest BCUT2D eigenvalue weighted by atomic mass is 19.1. The van der Waals surface area contributed by atoms with Crippen LogP contribution >= 0.6 is 0 Å². The first-order valence-electron chi connectivity index (χ1n) is 5.85. The van der Waals surface area contributed by atoms with Crippen LogP contribution in [0.5, 0.6) is 0 Å². The van der Waals surface area contributed by atoms with Crippen LogP contribution in [0.4, 0.5) is 15.8 Å². The van der Waals surface area contributed by atoms with Gasteiger partial charge >= 0.3 is 0 Å². The van der Waals surface area contributed by atoms with E-state index in [-0.39, 0.29) is 11.3 Å². The quantitative estimate of drug-likeness (QED) is 0.902. The molecule has 2 aromatic rings. The van der Waals surface area contributed by atoms with Crippen molar-refractivity contribution < 1.29 is 14.0 Å². The van der Waals surface area contributed by atoms with Crippen LogP contribution in [-0.4, -0.2) is 16.8 Å². The molecule has 102 valence electrons. The monoisotopic (exact) mass is 273 g/mol. The van der Waals surface area contributed by atoms with Crippen molar-refractivity contribution in [3.63, 3.8) is 0 Å². The summed E-state index contributed by atoms with van der Waals surface area (Å²) in [4.78, 5) is 26.8. The lowest BCUT2D eigenvalue weighted by atomic mass is 10.1. The lowest BCUT2D eigenvalue weighted by Gasteiger charge is -2.08. The molecule has 2 amide bonds. The second kappa shape index (κ2) is 5.92. The van der Waals surface area contributed by atoms with Crippen molar-refractivity contribution in [3.05, 3.63) is 54.1 Å². The number of halogens is 1. The van der Waals surface area contributed by atoms with E-state index in [1.807, 2.05) is 0 Å². The van der Waals surface area contributed by atoms with Gasteiger partial charge in [-0.1, -0.05) is 0 Å². The van der Waals surface area contributed by atoms with Crippen molar-refractivity contribution in [1.82, 2.24) is 4.98 Å². The molecule has 0 aliphatic rings. The molecule has 1 aromatic heterocycles. The Morgan fingerprint density at radius 3 is 2.45 bits per heavy atom. The van der Waals surface area contributed by atoms with Crippen molar-refractivity contribution >= 4 is 23.2 Å². The van der Waals surface area contributed by atoms with Crippen LogP contribution in [-0.2, 0) is 4.79 Å². The van der Waals surface area contributed by atoms with Gasteiger partial charge in [0.25, 0.3) is 5.91 Å². The van der Waals surface area contributed by atoms with Crippen LogP contribution in [0.25, 0.3) is 0 Å². The molecule has 6 heteroatoms. The van der Waals surface area contributed by atoms with Gasteiger partial charge in [-0.25, -0.2) is 4.39 Å². The van der Waals surface area contributed by atoms with Crippen molar-refractivity contribution in [2.75, 3.05) is 10.6 Å². The molecule has 0 aliphatic carbocycles. The number of rotatable bonds is 3. The summed E-state index contributed by atoms with van der Waals surface area (Å²) in [5.41, 5.74) is 0.794. The summed E-state index contributed by atoms with van der Waals surface area (Å²) in [5, 5.41) is 4.97. The number of pyridine rings is 1. The summed E-state index contributed by atoms with van der Waals surface area (Å²) in [6.07, 6.45) is 3.09. The predicted octanol–water partition coefficient (Wildman–Crippen LogP) is 2.43.